The van der Waals surface area contributed by atoms with Gasteiger partial charge >= 0.3 is 0 Å². The van der Waals surface area contributed by atoms with Crippen molar-refractivity contribution >= 4 is 15.9 Å². The van der Waals surface area contributed by atoms with E-state index in [1.54, 1.807) is 12.1 Å². The molecule has 0 saturated heterocycles. The summed E-state index contributed by atoms with van der Waals surface area (Å²) in [4.78, 5) is 12.2. The maximum atomic E-state index is 12.3. The fourth-order valence-corrected chi connectivity index (χ4v) is 3.65. The molecule has 0 radical (unpaired) electrons. The van der Waals surface area contributed by atoms with Crippen LogP contribution in [0.5, 0.6) is 0 Å². The van der Waals surface area contributed by atoms with Gasteiger partial charge in [0.1, 0.15) is 0 Å². The van der Waals surface area contributed by atoms with Crippen LogP contribution in [0.2, 0.25) is 0 Å². The van der Waals surface area contributed by atoms with E-state index in [-0.39, 0.29) is 10.8 Å². The number of amides is 1. The zero-order valence-corrected chi connectivity index (χ0v) is 13.4. The van der Waals surface area contributed by atoms with Crippen molar-refractivity contribution in [3.63, 3.8) is 0 Å². The van der Waals surface area contributed by atoms with Crippen LogP contribution < -0.4 is 4.72 Å². The Labute approximate surface area is 135 Å². The summed E-state index contributed by atoms with van der Waals surface area (Å²) >= 11 is 0. The number of carbonyl (C=O) groups is 1. The van der Waals surface area contributed by atoms with Crippen LogP contribution >= 0.6 is 0 Å². The molecule has 1 aliphatic rings. The molecule has 0 fully saturated rings. The van der Waals surface area contributed by atoms with Crippen molar-refractivity contribution in [3.8, 4) is 5.69 Å². The quantitative estimate of drug-likeness (QED) is 0.876. The van der Waals surface area contributed by atoms with Gasteiger partial charge in [0.05, 0.1) is 4.90 Å². The summed E-state index contributed by atoms with van der Waals surface area (Å²) in [6.07, 6.45) is 9.77. The fraction of sp³-hybridized carbons (Fsp3) is 0.235. The van der Waals surface area contributed by atoms with Crippen LogP contribution in [0.15, 0.2) is 65.8 Å². The van der Waals surface area contributed by atoms with E-state index in [0.717, 1.165) is 12.1 Å². The molecule has 120 valence electrons. The number of hydrogen-bond acceptors (Lipinski definition) is 3. The van der Waals surface area contributed by atoms with Gasteiger partial charge in [-0.15, -0.1) is 0 Å². The standard InChI is InChI=1S/C17H18N2O3S/c20-17(14-6-2-1-3-7-14)18-23(21,22)16-10-8-15(9-11-16)19-12-4-5-13-19/h1-2,4-5,8-14H,3,6-7H2,(H,18,20)/t14-/m0/s1. The normalized spacial score (nSPS) is 17.8. The number of allylic oxidation sites excluding steroid dienone is 2. The summed E-state index contributed by atoms with van der Waals surface area (Å²) in [5, 5.41) is 0. The number of carbonyl (C=O) groups excluding carboxylic acids is 1. The first-order valence-corrected chi connectivity index (χ1v) is 9.00. The Bertz CT molecular complexity index is 806. The van der Waals surface area contributed by atoms with Crippen molar-refractivity contribution in [1.82, 2.24) is 9.29 Å². The Morgan fingerprint density at radius 2 is 1.78 bits per heavy atom. The summed E-state index contributed by atoms with van der Waals surface area (Å²) in [5.41, 5.74) is 0.859. The molecule has 6 heteroatoms. The second-order valence-corrected chi connectivity index (χ2v) is 7.22. The third-order valence-electron chi connectivity index (χ3n) is 3.92. The zero-order valence-electron chi connectivity index (χ0n) is 12.6. The molecule has 5 nitrogen and oxygen atoms in total. The van der Waals surface area contributed by atoms with E-state index in [9.17, 15) is 13.2 Å². The predicted octanol–water partition coefficient (Wildman–Crippen LogP) is 2.64. The van der Waals surface area contributed by atoms with Crippen LogP contribution in [0.3, 0.4) is 0 Å². The third kappa shape index (κ3) is 3.53. The van der Waals surface area contributed by atoms with Gasteiger partial charge in [-0.05, 0) is 55.7 Å². The molecule has 1 aromatic carbocycles. The Morgan fingerprint density at radius 3 is 2.39 bits per heavy atom. The van der Waals surface area contributed by atoms with Crippen LogP contribution in [-0.4, -0.2) is 18.9 Å². The van der Waals surface area contributed by atoms with Crippen LogP contribution in [0.1, 0.15) is 19.3 Å². The molecule has 3 rings (SSSR count). The molecule has 1 atom stereocenters. The molecule has 1 N–H and O–H groups in total. The highest BCUT2D eigenvalue weighted by atomic mass is 32.2. The Kier molecular flexibility index (Phi) is 4.34. The minimum absolute atomic E-state index is 0.0908. The number of benzene rings is 1. The Morgan fingerprint density at radius 1 is 1.09 bits per heavy atom. The maximum Gasteiger partial charge on any atom is 0.264 e. The molecule has 2 aromatic rings. The highest BCUT2D eigenvalue weighted by molar-refractivity contribution is 7.90. The van der Waals surface area contributed by atoms with E-state index in [4.69, 9.17) is 0 Å². The van der Waals surface area contributed by atoms with Crippen molar-refractivity contribution in [1.29, 1.82) is 0 Å². The SMILES string of the molecule is O=C(NS(=O)(=O)c1ccc(-n2cccc2)cc1)[C@H]1CC=CCC1. The largest absolute Gasteiger partial charge is 0.324 e. The molecule has 1 aromatic heterocycles. The van der Waals surface area contributed by atoms with Gasteiger partial charge < -0.3 is 4.57 Å². The Balaban J connectivity index is 1.74. The van der Waals surface area contributed by atoms with Crippen molar-refractivity contribution in [2.75, 3.05) is 0 Å². The lowest BCUT2D eigenvalue weighted by Gasteiger charge is -2.17. The van der Waals surface area contributed by atoms with Gasteiger partial charge in [0.15, 0.2) is 0 Å². The first-order valence-electron chi connectivity index (χ1n) is 7.51. The number of rotatable bonds is 4. The molecule has 1 aliphatic carbocycles. The van der Waals surface area contributed by atoms with Crippen LogP contribution in [0.4, 0.5) is 0 Å². The topological polar surface area (TPSA) is 68.2 Å². The van der Waals surface area contributed by atoms with Gasteiger partial charge in [0.25, 0.3) is 10.0 Å². The van der Waals surface area contributed by atoms with E-state index in [2.05, 4.69) is 4.72 Å². The van der Waals surface area contributed by atoms with E-state index in [0.29, 0.717) is 12.8 Å². The maximum absolute atomic E-state index is 12.3. The molecule has 0 aliphatic heterocycles. The molecular formula is C17H18N2O3S. The van der Waals surface area contributed by atoms with Gasteiger partial charge in [-0.1, -0.05) is 12.2 Å². The second-order valence-electron chi connectivity index (χ2n) is 5.54. The monoisotopic (exact) mass is 330 g/mol. The smallest absolute Gasteiger partial charge is 0.264 e. The minimum atomic E-state index is -3.83. The second kappa shape index (κ2) is 6.42. The predicted molar refractivity (Wildman–Crippen MR) is 87.6 cm³/mol. The van der Waals surface area contributed by atoms with Gasteiger partial charge in [0, 0.05) is 24.0 Å². The van der Waals surface area contributed by atoms with E-state index >= 15 is 0 Å². The molecule has 0 spiro atoms. The molecule has 1 amide bonds. The molecule has 0 saturated carbocycles. The molecule has 23 heavy (non-hydrogen) atoms. The van der Waals surface area contributed by atoms with Gasteiger partial charge in [-0.3, -0.25) is 4.79 Å². The number of hydrogen-bond donors (Lipinski definition) is 1. The summed E-state index contributed by atoms with van der Waals surface area (Å²) in [6.45, 7) is 0. The number of nitrogens with zero attached hydrogens (tertiary/aromatic N) is 1. The van der Waals surface area contributed by atoms with Crippen molar-refractivity contribution in [3.05, 3.63) is 60.9 Å². The number of sulfonamides is 1. The van der Waals surface area contributed by atoms with Gasteiger partial charge in [-0.25, -0.2) is 13.1 Å². The zero-order chi connectivity index (χ0) is 16.3. The molecule has 0 bridgehead atoms. The van der Waals surface area contributed by atoms with Crippen LogP contribution in [0.25, 0.3) is 5.69 Å². The first-order chi connectivity index (χ1) is 11.1. The first kappa shape index (κ1) is 15.6. The van der Waals surface area contributed by atoms with Crippen molar-refractivity contribution in [2.45, 2.75) is 24.2 Å². The summed E-state index contributed by atoms with van der Waals surface area (Å²) in [7, 11) is -3.83. The minimum Gasteiger partial charge on any atom is -0.324 e. The van der Waals surface area contributed by atoms with Gasteiger partial charge in [0.2, 0.25) is 5.91 Å². The highest BCUT2D eigenvalue weighted by Gasteiger charge is 2.24. The summed E-state index contributed by atoms with van der Waals surface area (Å²) < 4.78 is 28.7. The van der Waals surface area contributed by atoms with Crippen molar-refractivity contribution in [2.24, 2.45) is 5.92 Å². The average molecular weight is 330 g/mol. The van der Waals surface area contributed by atoms with E-state index < -0.39 is 15.9 Å². The number of aromatic nitrogens is 1. The van der Waals surface area contributed by atoms with Gasteiger partial charge in [-0.2, -0.15) is 0 Å². The fourth-order valence-electron chi connectivity index (χ4n) is 2.61. The number of nitrogens with one attached hydrogen (secondary N) is 1. The third-order valence-corrected chi connectivity index (χ3v) is 5.29. The van der Waals surface area contributed by atoms with Crippen LogP contribution in [-0.2, 0) is 14.8 Å². The lowest BCUT2D eigenvalue weighted by atomic mass is 9.94. The van der Waals surface area contributed by atoms with Crippen LogP contribution in [0, 0.1) is 5.92 Å². The summed E-state index contributed by atoms with van der Waals surface area (Å²) in [6, 6.07) is 10.2. The van der Waals surface area contributed by atoms with E-state index in [1.807, 2.05) is 41.2 Å². The molecule has 0 unspecified atom stereocenters. The van der Waals surface area contributed by atoms with E-state index in [1.165, 1.54) is 12.1 Å². The molecular weight excluding hydrogens is 312 g/mol. The summed E-state index contributed by atoms with van der Waals surface area (Å²) in [5.74, 6) is -0.697. The lowest BCUT2D eigenvalue weighted by molar-refractivity contribution is -0.123. The lowest BCUT2D eigenvalue weighted by Crippen LogP contribution is -2.36. The van der Waals surface area contributed by atoms with Crippen molar-refractivity contribution < 1.29 is 13.2 Å². The molecule has 1 heterocycles. The highest BCUT2D eigenvalue weighted by Crippen LogP contribution is 2.20. The average Bonchev–Trinajstić information content (AvgIpc) is 3.10. The Hall–Kier alpha value is -2.34.